The van der Waals surface area contributed by atoms with Crippen LogP contribution in [0.4, 0.5) is 5.69 Å². The Morgan fingerprint density at radius 1 is 1.12 bits per heavy atom. The van der Waals surface area contributed by atoms with Crippen molar-refractivity contribution in [1.29, 1.82) is 0 Å². The van der Waals surface area contributed by atoms with Crippen molar-refractivity contribution in [3.05, 3.63) is 24.5 Å². The first-order valence-electron chi connectivity index (χ1n) is 4.69. The molecule has 0 aromatic carbocycles. The lowest BCUT2D eigenvalue weighted by atomic mass is 10.4. The van der Waals surface area contributed by atoms with E-state index in [2.05, 4.69) is 9.72 Å². The second kappa shape index (κ2) is 7.39. The van der Waals surface area contributed by atoms with Gasteiger partial charge in [-0.05, 0) is 12.1 Å². The van der Waals surface area contributed by atoms with Gasteiger partial charge in [-0.25, -0.2) is 0 Å². The zero-order valence-corrected chi connectivity index (χ0v) is 9.93. The molecule has 1 heterocycles. The van der Waals surface area contributed by atoms with E-state index in [0.29, 0.717) is 0 Å². The Morgan fingerprint density at radius 2 is 1.56 bits per heavy atom. The summed E-state index contributed by atoms with van der Waals surface area (Å²) in [5, 5.41) is 0. The summed E-state index contributed by atoms with van der Waals surface area (Å²) in [6.45, 7) is 2.36. The summed E-state index contributed by atoms with van der Waals surface area (Å²) < 4.78 is 3.97. The van der Waals surface area contributed by atoms with Crippen molar-refractivity contribution < 1.29 is 14.3 Å². The summed E-state index contributed by atoms with van der Waals surface area (Å²) in [5.74, 6) is -1.12. The standard InChI is InChI=1S/C7H10N2.C4H6O3/c1-9(2)7-3-5-8-6-4-7;1-3(5)7-4(2)6/h3-6H,1-2H3;1-2H3. The topological polar surface area (TPSA) is 59.5 Å². The normalized spacial score (nSPS) is 8.50. The molecule has 0 unspecified atom stereocenters. The molecule has 0 saturated carbocycles. The number of hydrogen-bond donors (Lipinski definition) is 0. The van der Waals surface area contributed by atoms with E-state index in [9.17, 15) is 9.59 Å². The third-order valence-corrected chi connectivity index (χ3v) is 1.47. The molecule has 0 radical (unpaired) electrons. The van der Waals surface area contributed by atoms with Gasteiger partial charge in [-0.2, -0.15) is 0 Å². The number of hydrogen-bond acceptors (Lipinski definition) is 5. The first-order valence-corrected chi connectivity index (χ1v) is 4.69. The van der Waals surface area contributed by atoms with Crippen LogP contribution in [-0.2, 0) is 14.3 Å². The highest BCUT2D eigenvalue weighted by atomic mass is 16.6. The van der Waals surface area contributed by atoms with E-state index in [0.717, 1.165) is 0 Å². The molecule has 1 rings (SSSR count). The van der Waals surface area contributed by atoms with Crippen molar-refractivity contribution in [3.8, 4) is 0 Å². The Bertz CT molecular complexity index is 324. The smallest absolute Gasteiger partial charge is 0.310 e. The maximum atomic E-state index is 9.81. The van der Waals surface area contributed by atoms with Crippen molar-refractivity contribution in [3.63, 3.8) is 0 Å². The predicted octanol–water partition coefficient (Wildman–Crippen LogP) is 1.24. The lowest BCUT2D eigenvalue weighted by Crippen LogP contribution is -2.07. The van der Waals surface area contributed by atoms with E-state index in [1.54, 1.807) is 12.4 Å². The zero-order chi connectivity index (χ0) is 12.6. The minimum Gasteiger partial charge on any atom is -0.394 e. The Kier molecular flexibility index (Phi) is 6.51. The van der Waals surface area contributed by atoms with Crippen LogP contribution < -0.4 is 4.90 Å². The van der Waals surface area contributed by atoms with E-state index in [-0.39, 0.29) is 0 Å². The molecule has 0 bridgehead atoms. The Morgan fingerprint density at radius 3 is 1.75 bits per heavy atom. The summed E-state index contributed by atoms with van der Waals surface area (Å²) in [7, 11) is 4.02. The van der Waals surface area contributed by atoms with Gasteiger partial charge >= 0.3 is 11.9 Å². The molecule has 0 aliphatic carbocycles. The van der Waals surface area contributed by atoms with Crippen LogP contribution in [0.2, 0.25) is 0 Å². The van der Waals surface area contributed by atoms with Crippen LogP contribution in [0.3, 0.4) is 0 Å². The van der Waals surface area contributed by atoms with Crippen molar-refractivity contribution >= 4 is 17.6 Å². The molecular weight excluding hydrogens is 208 g/mol. The molecule has 5 heteroatoms. The monoisotopic (exact) mass is 224 g/mol. The second-order valence-electron chi connectivity index (χ2n) is 3.19. The minimum absolute atomic E-state index is 0.562. The van der Waals surface area contributed by atoms with E-state index in [4.69, 9.17) is 0 Å². The predicted molar refractivity (Wildman–Crippen MR) is 61.0 cm³/mol. The summed E-state index contributed by atoms with van der Waals surface area (Å²) in [5.41, 5.74) is 1.19. The van der Waals surface area contributed by atoms with Gasteiger partial charge in [0, 0.05) is 46.0 Å². The van der Waals surface area contributed by atoms with Crippen molar-refractivity contribution in [1.82, 2.24) is 4.98 Å². The minimum atomic E-state index is -0.562. The average Bonchev–Trinajstić information content (AvgIpc) is 2.17. The van der Waals surface area contributed by atoms with Crippen LogP contribution in [0, 0.1) is 0 Å². The number of carbonyl (C=O) groups is 2. The SMILES string of the molecule is CC(=O)OC(C)=O.CN(C)c1ccncc1. The van der Waals surface area contributed by atoms with Crippen LogP contribution in [-0.4, -0.2) is 31.0 Å². The van der Waals surface area contributed by atoms with Gasteiger partial charge in [-0.1, -0.05) is 0 Å². The van der Waals surface area contributed by atoms with Gasteiger partial charge in [0.1, 0.15) is 0 Å². The van der Waals surface area contributed by atoms with Gasteiger partial charge in [0.25, 0.3) is 0 Å². The van der Waals surface area contributed by atoms with Crippen LogP contribution in [0.15, 0.2) is 24.5 Å². The molecule has 0 saturated heterocycles. The zero-order valence-electron chi connectivity index (χ0n) is 9.93. The summed E-state index contributed by atoms with van der Waals surface area (Å²) in [6, 6.07) is 3.94. The van der Waals surface area contributed by atoms with E-state index >= 15 is 0 Å². The first kappa shape index (κ1) is 14.1. The lowest BCUT2D eigenvalue weighted by Gasteiger charge is -2.10. The van der Waals surface area contributed by atoms with Gasteiger partial charge < -0.3 is 9.64 Å². The van der Waals surface area contributed by atoms with Crippen molar-refractivity contribution in [2.45, 2.75) is 13.8 Å². The second-order valence-corrected chi connectivity index (χ2v) is 3.19. The van der Waals surface area contributed by atoms with Crippen LogP contribution in [0.25, 0.3) is 0 Å². The number of rotatable bonds is 1. The number of anilines is 1. The number of nitrogens with zero attached hydrogens (tertiary/aromatic N) is 2. The molecule has 1 aromatic rings. The van der Waals surface area contributed by atoms with Crippen LogP contribution in [0.5, 0.6) is 0 Å². The quantitative estimate of drug-likeness (QED) is 0.530. The maximum absolute atomic E-state index is 9.81. The van der Waals surface area contributed by atoms with Crippen molar-refractivity contribution in [2.24, 2.45) is 0 Å². The molecule has 0 N–H and O–H groups in total. The number of esters is 2. The summed E-state index contributed by atoms with van der Waals surface area (Å²) in [6.07, 6.45) is 3.57. The van der Waals surface area contributed by atoms with Crippen LogP contribution in [0.1, 0.15) is 13.8 Å². The highest BCUT2D eigenvalue weighted by molar-refractivity contribution is 5.82. The Hall–Kier alpha value is -1.91. The largest absolute Gasteiger partial charge is 0.394 e. The highest BCUT2D eigenvalue weighted by Gasteiger charge is 1.93. The van der Waals surface area contributed by atoms with Gasteiger partial charge in [-0.15, -0.1) is 0 Å². The van der Waals surface area contributed by atoms with Gasteiger partial charge in [0.15, 0.2) is 0 Å². The number of carbonyl (C=O) groups excluding carboxylic acids is 2. The number of ether oxygens (including phenoxy) is 1. The Labute approximate surface area is 95.0 Å². The van der Waals surface area contributed by atoms with Crippen LogP contribution >= 0.6 is 0 Å². The molecule has 0 spiro atoms. The van der Waals surface area contributed by atoms with E-state index < -0.39 is 11.9 Å². The Balaban J connectivity index is 0.000000293. The third kappa shape index (κ3) is 7.49. The molecule has 16 heavy (non-hydrogen) atoms. The number of pyridine rings is 1. The van der Waals surface area contributed by atoms with Gasteiger partial charge in [-0.3, -0.25) is 14.6 Å². The summed E-state index contributed by atoms with van der Waals surface area (Å²) in [4.78, 5) is 25.6. The fraction of sp³-hybridized carbons (Fsp3) is 0.364. The van der Waals surface area contributed by atoms with Gasteiger partial charge in [0.2, 0.25) is 0 Å². The number of aromatic nitrogens is 1. The first-order chi connectivity index (χ1) is 7.43. The fourth-order valence-corrected chi connectivity index (χ4v) is 0.845. The van der Waals surface area contributed by atoms with E-state index in [1.807, 2.05) is 31.1 Å². The molecule has 5 nitrogen and oxygen atoms in total. The molecule has 0 fully saturated rings. The molecule has 0 aliphatic heterocycles. The molecule has 88 valence electrons. The molecule has 0 amide bonds. The molecule has 0 aliphatic rings. The molecule has 1 aromatic heterocycles. The molecule has 0 atom stereocenters. The average molecular weight is 224 g/mol. The van der Waals surface area contributed by atoms with Gasteiger partial charge in [0.05, 0.1) is 0 Å². The van der Waals surface area contributed by atoms with E-state index in [1.165, 1.54) is 19.5 Å². The molecular formula is C11H16N2O3. The fourth-order valence-electron chi connectivity index (χ4n) is 0.845. The third-order valence-electron chi connectivity index (χ3n) is 1.47. The summed E-state index contributed by atoms with van der Waals surface area (Å²) >= 11 is 0. The maximum Gasteiger partial charge on any atom is 0.310 e. The lowest BCUT2D eigenvalue weighted by molar-refractivity contribution is -0.156. The van der Waals surface area contributed by atoms with Crippen molar-refractivity contribution in [2.75, 3.05) is 19.0 Å². The highest BCUT2D eigenvalue weighted by Crippen LogP contribution is 2.05.